The second kappa shape index (κ2) is 7.31. The molecule has 0 spiro atoms. The molecular weight excluding hydrogens is 250 g/mol. The van der Waals surface area contributed by atoms with Gasteiger partial charge in [0.2, 0.25) is 5.91 Å². The van der Waals surface area contributed by atoms with E-state index >= 15 is 0 Å². The van der Waals surface area contributed by atoms with Gasteiger partial charge >= 0.3 is 0 Å². The lowest BCUT2D eigenvalue weighted by Crippen LogP contribution is -2.50. The third-order valence-electron chi connectivity index (χ3n) is 4.12. The van der Waals surface area contributed by atoms with E-state index in [1.165, 1.54) is 19.3 Å². The van der Waals surface area contributed by atoms with Crippen molar-refractivity contribution < 1.29 is 4.79 Å². The van der Waals surface area contributed by atoms with Crippen LogP contribution in [0.25, 0.3) is 0 Å². The minimum Gasteiger partial charge on any atom is -0.342 e. The number of carbonyl (C=O) groups is 1. The zero-order chi connectivity index (χ0) is 12.3. The molecular formula is C13H26ClN3O. The third kappa shape index (κ3) is 4.11. The van der Waals surface area contributed by atoms with Crippen LogP contribution < -0.4 is 5.73 Å². The monoisotopic (exact) mass is 275 g/mol. The summed E-state index contributed by atoms with van der Waals surface area (Å²) < 4.78 is 0. The molecule has 0 aromatic heterocycles. The highest BCUT2D eigenvalue weighted by atomic mass is 35.5. The van der Waals surface area contributed by atoms with E-state index in [0.717, 1.165) is 32.6 Å². The van der Waals surface area contributed by atoms with Crippen molar-refractivity contribution >= 4 is 18.3 Å². The standard InChI is InChI=1S/C13H25N3O.ClH/c1-11-9-15(8-5-12(11)14)10-13(17)16-6-3-2-4-7-16;/h11-12H,2-10,14H2,1H3;1H. The molecule has 2 fully saturated rings. The van der Waals surface area contributed by atoms with Crippen LogP contribution in [-0.2, 0) is 4.79 Å². The van der Waals surface area contributed by atoms with E-state index in [1.54, 1.807) is 0 Å². The Labute approximate surface area is 116 Å². The van der Waals surface area contributed by atoms with Gasteiger partial charge in [-0.05, 0) is 31.6 Å². The Morgan fingerprint density at radius 3 is 2.50 bits per heavy atom. The minimum absolute atomic E-state index is 0. The summed E-state index contributed by atoms with van der Waals surface area (Å²) in [6.07, 6.45) is 4.65. The predicted molar refractivity (Wildman–Crippen MR) is 75.9 cm³/mol. The smallest absolute Gasteiger partial charge is 0.236 e. The van der Waals surface area contributed by atoms with Gasteiger partial charge in [-0.1, -0.05) is 6.92 Å². The van der Waals surface area contributed by atoms with Crippen molar-refractivity contribution in [2.45, 2.75) is 38.6 Å². The van der Waals surface area contributed by atoms with Crippen LogP contribution in [0, 0.1) is 5.92 Å². The van der Waals surface area contributed by atoms with E-state index in [2.05, 4.69) is 11.8 Å². The second-order valence-corrected chi connectivity index (χ2v) is 5.61. The summed E-state index contributed by atoms with van der Waals surface area (Å²) in [6.45, 7) is 6.65. The van der Waals surface area contributed by atoms with Crippen LogP contribution in [0.3, 0.4) is 0 Å². The van der Waals surface area contributed by atoms with Gasteiger partial charge in [-0.25, -0.2) is 0 Å². The van der Waals surface area contributed by atoms with Crippen LogP contribution in [0.1, 0.15) is 32.6 Å². The van der Waals surface area contributed by atoms with E-state index in [4.69, 9.17) is 5.73 Å². The summed E-state index contributed by atoms with van der Waals surface area (Å²) in [5.74, 6) is 0.824. The van der Waals surface area contributed by atoms with Crippen LogP contribution in [-0.4, -0.2) is 54.5 Å². The van der Waals surface area contributed by atoms with Gasteiger partial charge in [0.05, 0.1) is 6.54 Å². The van der Waals surface area contributed by atoms with Crippen LogP contribution in [0.5, 0.6) is 0 Å². The van der Waals surface area contributed by atoms with Gasteiger partial charge in [0.1, 0.15) is 0 Å². The van der Waals surface area contributed by atoms with Crippen molar-refractivity contribution in [2.24, 2.45) is 11.7 Å². The van der Waals surface area contributed by atoms with Crippen molar-refractivity contribution in [1.29, 1.82) is 0 Å². The lowest BCUT2D eigenvalue weighted by Gasteiger charge is -2.36. The normalized spacial score (nSPS) is 29.8. The van der Waals surface area contributed by atoms with Crippen LogP contribution in [0.4, 0.5) is 0 Å². The summed E-state index contributed by atoms with van der Waals surface area (Å²) in [6, 6.07) is 0.316. The fourth-order valence-corrected chi connectivity index (χ4v) is 2.83. The first kappa shape index (κ1) is 15.7. The molecule has 0 bridgehead atoms. The first-order chi connectivity index (χ1) is 8.16. The van der Waals surface area contributed by atoms with Crippen molar-refractivity contribution in [3.63, 3.8) is 0 Å². The van der Waals surface area contributed by atoms with Gasteiger partial charge in [-0.15, -0.1) is 12.4 Å². The fraction of sp³-hybridized carbons (Fsp3) is 0.923. The third-order valence-corrected chi connectivity index (χ3v) is 4.12. The molecule has 0 saturated carbocycles. The summed E-state index contributed by atoms with van der Waals surface area (Å²) in [5.41, 5.74) is 5.99. The average Bonchev–Trinajstić information content (AvgIpc) is 2.35. The highest BCUT2D eigenvalue weighted by molar-refractivity contribution is 5.85. The Morgan fingerprint density at radius 2 is 1.89 bits per heavy atom. The molecule has 2 N–H and O–H groups in total. The van der Waals surface area contributed by atoms with Gasteiger partial charge in [0, 0.05) is 32.2 Å². The van der Waals surface area contributed by atoms with Gasteiger partial charge in [0.15, 0.2) is 0 Å². The number of nitrogens with zero attached hydrogens (tertiary/aromatic N) is 2. The minimum atomic E-state index is 0. The predicted octanol–water partition coefficient (Wildman–Crippen LogP) is 1.09. The van der Waals surface area contributed by atoms with Crippen molar-refractivity contribution in [2.75, 3.05) is 32.7 Å². The number of nitrogens with two attached hydrogens (primary N) is 1. The zero-order valence-electron chi connectivity index (χ0n) is 11.3. The van der Waals surface area contributed by atoms with E-state index in [1.807, 2.05) is 4.90 Å². The number of hydrogen-bond donors (Lipinski definition) is 1. The highest BCUT2D eigenvalue weighted by Gasteiger charge is 2.26. The highest BCUT2D eigenvalue weighted by Crippen LogP contribution is 2.15. The van der Waals surface area contributed by atoms with E-state index in [-0.39, 0.29) is 12.4 Å². The van der Waals surface area contributed by atoms with Crippen molar-refractivity contribution in [3.05, 3.63) is 0 Å². The molecule has 0 aromatic rings. The first-order valence-corrected chi connectivity index (χ1v) is 6.92. The van der Waals surface area contributed by atoms with Crippen molar-refractivity contribution in [3.8, 4) is 0 Å². The summed E-state index contributed by atoms with van der Waals surface area (Å²) in [5, 5.41) is 0. The summed E-state index contributed by atoms with van der Waals surface area (Å²) >= 11 is 0. The average molecular weight is 276 g/mol. The number of halogens is 1. The molecule has 2 saturated heterocycles. The SMILES string of the molecule is CC1CN(CC(=O)N2CCCCC2)CCC1N.Cl. The summed E-state index contributed by atoms with van der Waals surface area (Å²) in [4.78, 5) is 16.4. The van der Waals surface area contributed by atoms with Crippen molar-refractivity contribution in [1.82, 2.24) is 9.80 Å². The van der Waals surface area contributed by atoms with Gasteiger partial charge in [-0.2, -0.15) is 0 Å². The lowest BCUT2D eigenvalue weighted by molar-refractivity contribution is -0.133. The Balaban J connectivity index is 0.00000162. The van der Waals surface area contributed by atoms with Gasteiger partial charge in [-0.3, -0.25) is 9.69 Å². The van der Waals surface area contributed by atoms with E-state index in [0.29, 0.717) is 24.4 Å². The molecule has 2 aliphatic rings. The Hall–Kier alpha value is -0.320. The van der Waals surface area contributed by atoms with Crippen LogP contribution in [0.15, 0.2) is 0 Å². The molecule has 106 valence electrons. The topological polar surface area (TPSA) is 49.6 Å². The maximum atomic E-state index is 12.1. The summed E-state index contributed by atoms with van der Waals surface area (Å²) in [7, 11) is 0. The molecule has 2 aliphatic heterocycles. The maximum Gasteiger partial charge on any atom is 0.236 e. The molecule has 0 aliphatic carbocycles. The van der Waals surface area contributed by atoms with Gasteiger partial charge < -0.3 is 10.6 Å². The molecule has 2 rings (SSSR count). The lowest BCUT2D eigenvalue weighted by atomic mass is 9.95. The number of piperidine rings is 2. The molecule has 2 unspecified atom stereocenters. The quantitative estimate of drug-likeness (QED) is 0.821. The molecule has 0 radical (unpaired) electrons. The maximum absolute atomic E-state index is 12.1. The van der Waals surface area contributed by atoms with Crippen LogP contribution >= 0.6 is 12.4 Å². The Kier molecular flexibility index (Phi) is 6.39. The number of hydrogen-bond acceptors (Lipinski definition) is 3. The largest absolute Gasteiger partial charge is 0.342 e. The second-order valence-electron chi connectivity index (χ2n) is 5.61. The van der Waals surface area contributed by atoms with E-state index in [9.17, 15) is 4.79 Å². The van der Waals surface area contributed by atoms with E-state index < -0.39 is 0 Å². The molecule has 2 atom stereocenters. The molecule has 0 aromatic carbocycles. The fourth-order valence-electron chi connectivity index (χ4n) is 2.83. The Morgan fingerprint density at radius 1 is 1.22 bits per heavy atom. The molecule has 4 nitrogen and oxygen atoms in total. The molecule has 2 heterocycles. The molecule has 18 heavy (non-hydrogen) atoms. The molecule has 1 amide bonds. The number of rotatable bonds is 2. The first-order valence-electron chi connectivity index (χ1n) is 6.92. The molecule has 5 heteroatoms. The number of amides is 1. The zero-order valence-corrected chi connectivity index (χ0v) is 12.1. The van der Waals surface area contributed by atoms with Crippen LogP contribution in [0.2, 0.25) is 0 Å². The number of likely N-dealkylation sites (tertiary alicyclic amines) is 2. The Bertz CT molecular complexity index is 269. The van der Waals surface area contributed by atoms with Gasteiger partial charge in [0.25, 0.3) is 0 Å². The number of carbonyl (C=O) groups excluding carboxylic acids is 1.